The van der Waals surface area contributed by atoms with Crippen LogP contribution in [0.3, 0.4) is 0 Å². The molecule has 4 heteroatoms. The van der Waals surface area contributed by atoms with Crippen molar-refractivity contribution in [1.29, 1.82) is 0 Å². The number of unbranched alkanes of at least 4 members (excludes halogenated alkanes) is 2. The molecule has 1 unspecified atom stereocenters. The summed E-state index contributed by atoms with van der Waals surface area (Å²) in [5.41, 5.74) is 0.292. The standard InChI is InChI=1S/C16H34N2O2/c1-15(2)11-17-12-16(7-10-20-14-16)13-18(3)8-5-4-6-9-19/h15,17,19H,4-14H2,1-3H3. The van der Waals surface area contributed by atoms with E-state index in [1.807, 2.05) is 0 Å². The van der Waals surface area contributed by atoms with E-state index in [-0.39, 0.29) is 0 Å². The Morgan fingerprint density at radius 3 is 2.70 bits per heavy atom. The van der Waals surface area contributed by atoms with Gasteiger partial charge in [-0.05, 0) is 51.7 Å². The van der Waals surface area contributed by atoms with Crippen LogP contribution in [0.4, 0.5) is 0 Å². The fraction of sp³-hybridized carbons (Fsp3) is 1.00. The van der Waals surface area contributed by atoms with Crippen LogP contribution in [0.15, 0.2) is 0 Å². The van der Waals surface area contributed by atoms with Crippen LogP contribution in [0.5, 0.6) is 0 Å². The Labute approximate surface area is 124 Å². The van der Waals surface area contributed by atoms with Crippen LogP contribution in [0, 0.1) is 11.3 Å². The van der Waals surface area contributed by atoms with Gasteiger partial charge in [0.1, 0.15) is 0 Å². The normalized spacial score (nSPS) is 23.1. The molecule has 0 saturated carbocycles. The topological polar surface area (TPSA) is 44.7 Å². The maximum absolute atomic E-state index is 8.81. The first-order valence-corrected chi connectivity index (χ1v) is 8.16. The summed E-state index contributed by atoms with van der Waals surface area (Å²) < 4.78 is 5.66. The van der Waals surface area contributed by atoms with E-state index in [9.17, 15) is 0 Å². The zero-order chi connectivity index (χ0) is 14.8. The molecule has 1 saturated heterocycles. The number of rotatable bonds is 11. The minimum absolute atomic E-state index is 0.292. The predicted octanol–water partition coefficient (Wildman–Crippen LogP) is 1.73. The van der Waals surface area contributed by atoms with Gasteiger partial charge in [-0.2, -0.15) is 0 Å². The van der Waals surface area contributed by atoms with Gasteiger partial charge in [0.05, 0.1) is 6.61 Å². The fourth-order valence-corrected chi connectivity index (χ4v) is 2.92. The molecule has 0 bridgehead atoms. The Kier molecular flexibility index (Phi) is 8.69. The van der Waals surface area contributed by atoms with E-state index in [1.165, 1.54) is 12.8 Å². The second kappa shape index (κ2) is 9.72. The van der Waals surface area contributed by atoms with Crippen molar-refractivity contribution in [3.63, 3.8) is 0 Å². The van der Waals surface area contributed by atoms with Crippen LogP contribution in [0.25, 0.3) is 0 Å². The second-order valence-corrected chi connectivity index (χ2v) is 6.85. The van der Waals surface area contributed by atoms with Crippen molar-refractivity contribution in [1.82, 2.24) is 10.2 Å². The number of aliphatic hydroxyl groups excluding tert-OH is 1. The number of aliphatic hydroxyl groups is 1. The molecule has 1 heterocycles. The van der Waals surface area contributed by atoms with E-state index in [1.54, 1.807) is 0 Å². The Balaban J connectivity index is 2.29. The van der Waals surface area contributed by atoms with Crippen LogP contribution < -0.4 is 5.32 Å². The number of hydrogen-bond donors (Lipinski definition) is 2. The minimum Gasteiger partial charge on any atom is -0.396 e. The number of ether oxygens (including phenoxy) is 1. The van der Waals surface area contributed by atoms with Crippen LogP contribution in [0.1, 0.15) is 39.5 Å². The highest BCUT2D eigenvalue weighted by Crippen LogP contribution is 2.29. The van der Waals surface area contributed by atoms with Crippen molar-refractivity contribution < 1.29 is 9.84 Å². The van der Waals surface area contributed by atoms with E-state index >= 15 is 0 Å². The molecule has 120 valence electrons. The van der Waals surface area contributed by atoms with Gasteiger partial charge in [-0.15, -0.1) is 0 Å². The third-order valence-corrected chi connectivity index (χ3v) is 4.04. The molecule has 0 aliphatic carbocycles. The molecule has 4 nitrogen and oxygen atoms in total. The van der Waals surface area contributed by atoms with E-state index in [0.29, 0.717) is 17.9 Å². The highest BCUT2D eigenvalue weighted by molar-refractivity contribution is 4.88. The molecule has 20 heavy (non-hydrogen) atoms. The lowest BCUT2D eigenvalue weighted by atomic mass is 9.86. The van der Waals surface area contributed by atoms with Gasteiger partial charge in [0.2, 0.25) is 0 Å². The smallest absolute Gasteiger partial charge is 0.0547 e. The number of hydrogen-bond acceptors (Lipinski definition) is 4. The van der Waals surface area contributed by atoms with Gasteiger partial charge in [0.25, 0.3) is 0 Å². The first-order valence-electron chi connectivity index (χ1n) is 8.16. The van der Waals surface area contributed by atoms with Crippen molar-refractivity contribution >= 4 is 0 Å². The number of nitrogens with zero attached hydrogens (tertiary/aromatic N) is 1. The zero-order valence-electron chi connectivity index (χ0n) is 13.7. The Bertz CT molecular complexity index is 241. The first-order chi connectivity index (χ1) is 9.58. The highest BCUT2D eigenvalue weighted by Gasteiger charge is 2.35. The molecule has 1 fully saturated rings. The lowest BCUT2D eigenvalue weighted by Gasteiger charge is -2.33. The average molecular weight is 286 g/mol. The molecular weight excluding hydrogens is 252 g/mol. The summed E-state index contributed by atoms with van der Waals surface area (Å²) in [4.78, 5) is 2.43. The molecule has 0 aromatic carbocycles. The van der Waals surface area contributed by atoms with Gasteiger partial charge in [0.15, 0.2) is 0 Å². The van der Waals surface area contributed by atoms with Crippen molar-refractivity contribution in [3.8, 4) is 0 Å². The van der Waals surface area contributed by atoms with Crippen LogP contribution in [-0.2, 0) is 4.74 Å². The molecular formula is C16H34N2O2. The molecule has 0 radical (unpaired) electrons. The van der Waals surface area contributed by atoms with E-state index in [4.69, 9.17) is 9.84 Å². The molecule has 0 amide bonds. The monoisotopic (exact) mass is 286 g/mol. The fourth-order valence-electron chi connectivity index (χ4n) is 2.92. The SMILES string of the molecule is CC(C)CNCC1(CN(C)CCCCCO)CCOC1. The van der Waals surface area contributed by atoms with Gasteiger partial charge < -0.3 is 20.1 Å². The summed E-state index contributed by atoms with van der Waals surface area (Å²) in [5, 5.41) is 12.4. The molecule has 1 aliphatic heterocycles. The van der Waals surface area contributed by atoms with E-state index in [0.717, 1.165) is 52.2 Å². The van der Waals surface area contributed by atoms with Gasteiger partial charge in [-0.1, -0.05) is 13.8 Å². The Hall–Kier alpha value is -0.160. The summed E-state index contributed by atoms with van der Waals surface area (Å²) in [6.45, 7) is 11.0. The third kappa shape index (κ3) is 7.02. The lowest BCUT2D eigenvalue weighted by Crippen LogP contribution is -2.44. The highest BCUT2D eigenvalue weighted by atomic mass is 16.5. The summed E-state index contributed by atoms with van der Waals surface area (Å²) in [7, 11) is 2.21. The maximum Gasteiger partial charge on any atom is 0.0547 e. The van der Waals surface area contributed by atoms with Crippen molar-refractivity contribution in [2.24, 2.45) is 11.3 Å². The third-order valence-electron chi connectivity index (χ3n) is 4.04. The van der Waals surface area contributed by atoms with Gasteiger partial charge in [-0.25, -0.2) is 0 Å². The quantitative estimate of drug-likeness (QED) is 0.568. The van der Waals surface area contributed by atoms with Crippen molar-refractivity contribution in [2.45, 2.75) is 39.5 Å². The Morgan fingerprint density at radius 2 is 2.10 bits per heavy atom. The van der Waals surface area contributed by atoms with Gasteiger partial charge in [-0.3, -0.25) is 0 Å². The summed E-state index contributed by atoms with van der Waals surface area (Å²) in [5.74, 6) is 0.700. The van der Waals surface area contributed by atoms with Crippen LogP contribution >= 0.6 is 0 Å². The summed E-state index contributed by atoms with van der Waals surface area (Å²) >= 11 is 0. The molecule has 0 aromatic rings. The van der Waals surface area contributed by atoms with Crippen molar-refractivity contribution in [3.05, 3.63) is 0 Å². The first kappa shape index (κ1) is 17.9. The summed E-state index contributed by atoms with van der Waals surface area (Å²) in [6, 6.07) is 0. The summed E-state index contributed by atoms with van der Waals surface area (Å²) in [6.07, 6.45) is 4.39. The zero-order valence-corrected chi connectivity index (χ0v) is 13.7. The van der Waals surface area contributed by atoms with Crippen LogP contribution in [0.2, 0.25) is 0 Å². The molecule has 2 N–H and O–H groups in total. The minimum atomic E-state index is 0.292. The van der Waals surface area contributed by atoms with Crippen LogP contribution in [-0.4, -0.2) is 63.1 Å². The maximum atomic E-state index is 8.81. The lowest BCUT2D eigenvalue weighted by molar-refractivity contribution is 0.117. The molecule has 1 atom stereocenters. The average Bonchev–Trinajstić information content (AvgIpc) is 2.83. The van der Waals surface area contributed by atoms with E-state index < -0.39 is 0 Å². The molecule has 0 aromatic heterocycles. The van der Waals surface area contributed by atoms with Crippen molar-refractivity contribution in [2.75, 3.05) is 53.0 Å². The number of nitrogens with one attached hydrogen (secondary N) is 1. The second-order valence-electron chi connectivity index (χ2n) is 6.85. The predicted molar refractivity (Wildman–Crippen MR) is 84.0 cm³/mol. The van der Waals surface area contributed by atoms with E-state index in [2.05, 4.69) is 31.1 Å². The molecule has 1 aliphatic rings. The Morgan fingerprint density at radius 1 is 1.30 bits per heavy atom. The molecule has 1 rings (SSSR count). The largest absolute Gasteiger partial charge is 0.396 e. The van der Waals surface area contributed by atoms with Gasteiger partial charge in [0, 0.05) is 31.7 Å². The molecule has 0 spiro atoms. The van der Waals surface area contributed by atoms with Gasteiger partial charge >= 0.3 is 0 Å².